The Morgan fingerprint density at radius 3 is 2.42 bits per heavy atom. The van der Waals surface area contributed by atoms with Crippen LogP contribution in [0, 0.1) is 0 Å². The van der Waals surface area contributed by atoms with Gasteiger partial charge in [-0.1, -0.05) is 41.9 Å². The molecule has 2 amide bonds. The number of hydrogen-bond donors (Lipinski definition) is 0. The van der Waals surface area contributed by atoms with Crippen molar-refractivity contribution in [3.8, 4) is 0 Å². The number of amides is 2. The molecular weight excluding hydrogens is 473 g/mol. The molecule has 1 spiro atoms. The zero-order valence-corrected chi connectivity index (χ0v) is 18.5. The van der Waals surface area contributed by atoms with Crippen LogP contribution in [0.2, 0.25) is 5.02 Å². The lowest BCUT2D eigenvalue weighted by Gasteiger charge is -2.33. The van der Waals surface area contributed by atoms with Gasteiger partial charge in [0.05, 0.1) is 23.5 Å². The molecule has 0 N–H and O–H groups in total. The van der Waals surface area contributed by atoms with Gasteiger partial charge in [-0.3, -0.25) is 14.5 Å². The van der Waals surface area contributed by atoms with Crippen LogP contribution in [0.4, 0.5) is 24.5 Å². The number of rotatable bonds is 3. The second-order valence-electron chi connectivity index (χ2n) is 7.74. The zero-order valence-electron chi connectivity index (χ0n) is 17.0. The Bertz CT molecular complexity index is 1270. The van der Waals surface area contributed by atoms with Gasteiger partial charge >= 0.3 is 6.18 Å². The summed E-state index contributed by atoms with van der Waals surface area (Å²) in [5.74, 6) is -0.501. The third kappa shape index (κ3) is 3.48. The molecule has 0 saturated carbocycles. The fourth-order valence-electron chi connectivity index (χ4n) is 4.33. The number of thioether (sulfide) groups is 1. The minimum Gasteiger partial charge on any atom is -0.304 e. The van der Waals surface area contributed by atoms with Gasteiger partial charge in [-0.2, -0.15) is 13.2 Å². The van der Waals surface area contributed by atoms with Gasteiger partial charge in [-0.25, -0.2) is 0 Å². The van der Waals surface area contributed by atoms with E-state index in [-0.39, 0.29) is 24.1 Å². The van der Waals surface area contributed by atoms with E-state index >= 15 is 0 Å². The van der Waals surface area contributed by atoms with Crippen LogP contribution in [0.3, 0.4) is 0 Å². The summed E-state index contributed by atoms with van der Waals surface area (Å²) >= 11 is 7.22. The van der Waals surface area contributed by atoms with Crippen molar-refractivity contribution in [2.24, 2.45) is 0 Å². The Balaban J connectivity index is 1.60. The standard InChI is InChI=1S/C24H16ClF3N2O2S/c25-17-8-10-18(11-9-17)30-21(31)14-33-23(30)19-6-1-2-7-20(19)29(22(23)32)13-15-4-3-5-16(12-15)24(26,27)28/h1-12H,13-14H2. The van der Waals surface area contributed by atoms with Crippen molar-refractivity contribution < 1.29 is 22.8 Å². The van der Waals surface area contributed by atoms with E-state index in [1.807, 2.05) is 0 Å². The summed E-state index contributed by atoms with van der Waals surface area (Å²) in [6.07, 6.45) is -4.48. The van der Waals surface area contributed by atoms with Crippen molar-refractivity contribution in [2.75, 3.05) is 15.6 Å². The highest BCUT2D eigenvalue weighted by Crippen LogP contribution is 2.56. The molecule has 9 heteroatoms. The first-order chi connectivity index (χ1) is 15.7. The van der Waals surface area contributed by atoms with Gasteiger partial charge in [0.15, 0.2) is 0 Å². The van der Waals surface area contributed by atoms with Crippen LogP contribution in [0.25, 0.3) is 0 Å². The quantitative estimate of drug-likeness (QED) is 0.465. The molecule has 0 radical (unpaired) electrons. The summed E-state index contributed by atoms with van der Waals surface area (Å²) in [7, 11) is 0. The SMILES string of the molecule is O=C1CSC2(C(=O)N(Cc3cccc(C(F)(F)F)c3)c3ccccc32)N1c1ccc(Cl)cc1. The smallest absolute Gasteiger partial charge is 0.304 e. The van der Waals surface area contributed by atoms with Crippen molar-refractivity contribution in [3.05, 3.63) is 94.5 Å². The van der Waals surface area contributed by atoms with Gasteiger partial charge < -0.3 is 4.90 Å². The first kappa shape index (κ1) is 21.9. The largest absolute Gasteiger partial charge is 0.416 e. The molecule has 4 nitrogen and oxygen atoms in total. The molecule has 3 aromatic rings. The summed E-state index contributed by atoms with van der Waals surface area (Å²) in [6, 6.07) is 18.7. The molecule has 0 aromatic heterocycles. The lowest BCUT2D eigenvalue weighted by molar-refractivity contribution is -0.137. The normalized spacial score (nSPS) is 20.1. The Kier molecular flexibility index (Phi) is 5.17. The fourth-order valence-corrected chi connectivity index (χ4v) is 5.82. The van der Waals surface area contributed by atoms with E-state index in [0.29, 0.717) is 27.5 Å². The zero-order chi connectivity index (χ0) is 23.4. The highest BCUT2D eigenvalue weighted by molar-refractivity contribution is 8.02. The summed E-state index contributed by atoms with van der Waals surface area (Å²) < 4.78 is 39.6. The van der Waals surface area contributed by atoms with Crippen molar-refractivity contribution >= 4 is 46.6 Å². The van der Waals surface area contributed by atoms with E-state index < -0.39 is 16.6 Å². The van der Waals surface area contributed by atoms with E-state index in [1.54, 1.807) is 54.6 Å². The molecule has 0 aliphatic carbocycles. The van der Waals surface area contributed by atoms with E-state index in [2.05, 4.69) is 0 Å². The molecular formula is C24H16ClF3N2O2S. The highest BCUT2D eigenvalue weighted by atomic mass is 35.5. The van der Waals surface area contributed by atoms with Crippen molar-refractivity contribution in [2.45, 2.75) is 17.6 Å². The topological polar surface area (TPSA) is 40.6 Å². The highest BCUT2D eigenvalue weighted by Gasteiger charge is 2.60. The molecule has 1 fully saturated rings. The van der Waals surface area contributed by atoms with Gasteiger partial charge in [0.1, 0.15) is 0 Å². The first-order valence-electron chi connectivity index (χ1n) is 10.0. The lowest BCUT2D eigenvalue weighted by atomic mass is 10.0. The Labute approximate surface area is 196 Å². The molecule has 2 aliphatic rings. The maximum absolute atomic E-state index is 13.9. The Morgan fingerprint density at radius 2 is 1.70 bits per heavy atom. The van der Waals surface area contributed by atoms with Crippen LogP contribution >= 0.6 is 23.4 Å². The lowest BCUT2D eigenvalue weighted by Crippen LogP contribution is -2.49. The van der Waals surface area contributed by atoms with Crippen molar-refractivity contribution in [1.82, 2.24) is 0 Å². The Hall–Kier alpha value is -2.97. The summed E-state index contributed by atoms with van der Waals surface area (Å²) in [6.45, 7) is -0.0509. The number of para-hydroxylation sites is 1. The predicted octanol–water partition coefficient (Wildman–Crippen LogP) is 5.84. The number of nitrogens with zero attached hydrogens (tertiary/aromatic N) is 2. The summed E-state index contributed by atoms with van der Waals surface area (Å²) in [5, 5.41) is 0.497. The third-order valence-corrected chi connectivity index (χ3v) is 7.38. The van der Waals surface area contributed by atoms with Crippen molar-refractivity contribution in [1.29, 1.82) is 0 Å². The summed E-state index contributed by atoms with van der Waals surface area (Å²) in [5.41, 5.74) is 1.30. The molecule has 0 bridgehead atoms. The monoisotopic (exact) mass is 488 g/mol. The molecule has 1 unspecified atom stereocenters. The number of carbonyl (C=O) groups excluding carboxylic acids is 2. The fraction of sp³-hybridized carbons (Fsp3) is 0.167. The van der Waals surface area contributed by atoms with Crippen LogP contribution in [0.5, 0.6) is 0 Å². The van der Waals surface area contributed by atoms with Crippen molar-refractivity contribution in [3.63, 3.8) is 0 Å². The van der Waals surface area contributed by atoms with Gasteiger partial charge in [-0.05, 0) is 48.0 Å². The number of alkyl halides is 3. The average molecular weight is 489 g/mol. The van der Waals surface area contributed by atoms with Gasteiger partial charge in [0.25, 0.3) is 5.91 Å². The average Bonchev–Trinajstić information content (AvgIpc) is 3.25. The molecule has 1 saturated heterocycles. The second kappa shape index (κ2) is 7.81. The molecule has 33 heavy (non-hydrogen) atoms. The van der Waals surface area contributed by atoms with Gasteiger partial charge in [0.2, 0.25) is 10.8 Å². The van der Waals surface area contributed by atoms with Crippen LogP contribution < -0.4 is 9.80 Å². The van der Waals surface area contributed by atoms with E-state index in [1.165, 1.54) is 27.6 Å². The van der Waals surface area contributed by atoms with Crippen LogP contribution in [-0.2, 0) is 27.2 Å². The summed E-state index contributed by atoms with van der Waals surface area (Å²) in [4.78, 5) is 28.5. The van der Waals surface area contributed by atoms with E-state index in [0.717, 1.165) is 12.1 Å². The maximum Gasteiger partial charge on any atom is 0.416 e. The molecule has 3 aromatic carbocycles. The van der Waals surface area contributed by atoms with E-state index in [9.17, 15) is 22.8 Å². The number of halogens is 4. The maximum atomic E-state index is 13.9. The number of fused-ring (bicyclic) bond motifs is 2. The third-order valence-electron chi connectivity index (χ3n) is 5.74. The minimum absolute atomic E-state index is 0.0509. The molecule has 2 aliphatic heterocycles. The number of benzene rings is 3. The first-order valence-corrected chi connectivity index (χ1v) is 11.4. The molecule has 5 rings (SSSR count). The Morgan fingerprint density at radius 1 is 0.970 bits per heavy atom. The second-order valence-corrected chi connectivity index (χ2v) is 9.35. The van der Waals surface area contributed by atoms with Crippen LogP contribution in [0.15, 0.2) is 72.8 Å². The molecule has 1 atom stereocenters. The number of hydrogen-bond acceptors (Lipinski definition) is 3. The van der Waals surface area contributed by atoms with Crippen LogP contribution in [-0.4, -0.2) is 17.6 Å². The number of carbonyl (C=O) groups is 2. The predicted molar refractivity (Wildman–Crippen MR) is 122 cm³/mol. The minimum atomic E-state index is -4.48. The molecule has 2 heterocycles. The van der Waals surface area contributed by atoms with Gasteiger partial charge in [0, 0.05) is 16.3 Å². The van der Waals surface area contributed by atoms with Gasteiger partial charge in [-0.15, -0.1) is 11.8 Å². The van der Waals surface area contributed by atoms with Crippen LogP contribution in [0.1, 0.15) is 16.7 Å². The number of anilines is 2. The molecule has 168 valence electrons. The van der Waals surface area contributed by atoms with E-state index in [4.69, 9.17) is 11.6 Å².